The molecule has 0 radical (unpaired) electrons. The summed E-state index contributed by atoms with van der Waals surface area (Å²) in [6.07, 6.45) is 1.67. The van der Waals surface area contributed by atoms with Crippen LogP contribution in [0, 0.1) is 0 Å². The molecule has 0 bridgehead atoms. The fraction of sp³-hybridized carbons (Fsp3) is 0.231. The summed E-state index contributed by atoms with van der Waals surface area (Å²) >= 11 is 1.05. The molecular weight excluding hydrogens is 282 g/mol. The van der Waals surface area contributed by atoms with Crippen LogP contribution >= 0.6 is 11.8 Å². The Bertz CT molecular complexity index is 540. The maximum atomic E-state index is 11.4. The lowest BCUT2D eigenvalue weighted by atomic mass is 10.2. The topological polar surface area (TPSA) is 84.9 Å². The maximum absolute atomic E-state index is 11.4. The van der Waals surface area contributed by atoms with Crippen LogP contribution in [0.15, 0.2) is 29.2 Å². The minimum atomic E-state index is -0.892. The molecule has 1 fully saturated rings. The van der Waals surface area contributed by atoms with E-state index in [1.54, 1.807) is 30.3 Å². The molecule has 1 saturated heterocycles. The van der Waals surface area contributed by atoms with Crippen molar-refractivity contribution < 1.29 is 24.2 Å². The van der Waals surface area contributed by atoms with E-state index in [1.165, 1.54) is 7.11 Å². The summed E-state index contributed by atoms with van der Waals surface area (Å²) in [6, 6.07) is 6.86. The van der Waals surface area contributed by atoms with E-state index in [0.29, 0.717) is 10.7 Å². The van der Waals surface area contributed by atoms with Crippen LogP contribution in [-0.4, -0.2) is 36.3 Å². The first-order chi connectivity index (χ1) is 9.58. The lowest BCUT2D eigenvalue weighted by Crippen LogP contribution is -2.23. The van der Waals surface area contributed by atoms with Gasteiger partial charge in [0, 0.05) is 0 Å². The molecule has 1 aromatic rings. The van der Waals surface area contributed by atoms with Crippen LogP contribution in [0.5, 0.6) is 5.75 Å². The largest absolute Gasteiger partial charge is 0.482 e. The highest BCUT2D eigenvalue weighted by atomic mass is 32.2. The van der Waals surface area contributed by atoms with E-state index in [0.717, 1.165) is 17.3 Å². The first-order valence-electron chi connectivity index (χ1n) is 5.75. The third kappa shape index (κ3) is 3.75. The predicted octanol–water partition coefficient (Wildman–Crippen LogP) is 0.718. The third-order valence-electron chi connectivity index (χ3n) is 2.48. The van der Waals surface area contributed by atoms with Crippen LogP contribution in [-0.2, 0) is 14.3 Å². The van der Waals surface area contributed by atoms with E-state index >= 15 is 0 Å². The number of carbonyl (C=O) groups is 2. The Balaban J connectivity index is 2.00. The van der Waals surface area contributed by atoms with Crippen molar-refractivity contribution in [1.82, 2.24) is 5.32 Å². The van der Waals surface area contributed by atoms with Crippen molar-refractivity contribution in [1.29, 1.82) is 0 Å². The maximum Gasteiger partial charge on any atom is 0.343 e. The standard InChI is InChI=1S/C13H13NO5S/c1-18-11(15)7-19-9-4-2-8(3-5-9)6-10-12(16)14-13(17)20-10/h2-6,13,17H,7H2,1H3,(H,14,16)/b10-6+. The van der Waals surface area contributed by atoms with Gasteiger partial charge in [0.15, 0.2) is 12.2 Å². The van der Waals surface area contributed by atoms with Gasteiger partial charge in [0.25, 0.3) is 5.91 Å². The van der Waals surface area contributed by atoms with Crippen LogP contribution in [0.25, 0.3) is 6.08 Å². The Labute approximate surface area is 119 Å². The lowest BCUT2D eigenvalue weighted by molar-refractivity contribution is -0.142. The lowest BCUT2D eigenvalue weighted by Gasteiger charge is -2.04. The Morgan fingerprint density at radius 1 is 1.45 bits per heavy atom. The highest BCUT2D eigenvalue weighted by Crippen LogP contribution is 2.28. The van der Waals surface area contributed by atoms with Gasteiger partial charge in [-0.15, -0.1) is 0 Å². The van der Waals surface area contributed by atoms with Gasteiger partial charge >= 0.3 is 5.97 Å². The number of carbonyl (C=O) groups excluding carboxylic acids is 2. The molecule has 0 saturated carbocycles. The molecule has 2 rings (SSSR count). The van der Waals surface area contributed by atoms with Crippen LogP contribution in [0.2, 0.25) is 0 Å². The zero-order valence-electron chi connectivity index (χ0n) is 10.7. The number of aliphatic hydroxyl groups excluding tert-OH is 1. The van der Waals surface area contributed by atoms with E-state index in [2.05, 4.69) is 10.1 Å². The summed E-state index contributed by atoms with van der Waals surface area (Å²) in [5, 5.41) is 11.6. The number of ether oxygens (including phenoxy) is 2. The minimum absolute atomic E-state index is 0.151. The number of hydrogen-bond donors (Lipinski definition) is 2. The molecule has 6 nitrogen and oxygen atoms in total. The number of benzene rings is 1. The molecule has 2 N–H and O–H groups in total. The summed E-state index contributed by atoms with van der Waals surface area (Å²) in [7, 11) is 1.29. The normalized spacial score (nSPS) is 19.8. The predicted molar refractivity (Wildman–Crippen MR) is 73.7 cm³/mol. The summed E-state index contributed by atoms with van der Waals surface area (Å²) in [4.78, 5) is 22.8. The summed E-state index contributed by atoms with van der Waals surface area (Å²) < 4.78 is 9.66. The zero-order chi connectivity index (χ0) is 14.5. The smallest absolute Gasteiger partial charge is 0.343 e. The van der Waals surface area contributed by atoms with Crippen molar-refractivity contribution in [2.75, 3.05) is 13.7 Å². The quantitative estimate of drug-likeness (QED) is 0.629. The molecule has 1 aliphatic heterocycles. The number of amides is 1. The summed E-state index contributed by atoms with van der Waals surface area (Å²) in [5.74, 6) is -0.223. The van der Waals surface area contributed by atoms with Crippen molar-refractivity contribution in [3.05, 3.63) is 34.7 Å². The van der Waals surface area contributed by atoms with Crippen molar-refractivity contribution in [3.63, 3.8) is 0 Å². The van der Waals surface area contributed by atoms with E-state index in [4.69, 9.17) is 4.74 Å². The summed E-state index contributed by atoms with van der Waals surface area (Å²) in [5.41, 5.74) is -0.0985. The molecule has 20 heavy (non-hydrogen) atoms. The molecule has 0 spiro atoms. The zero-order valence-corrected chi connectivity index (χ0v) is 11.5. The minimum Gasteiger partial charge on any atom is -0.482 e. The Hall–Kier alpha value is -1.99. The molecule has 0 aromatic heterocycles. The van der Waals surface area contributed by atoms with Gasteiger partial charge in [0.2, 0.25) is 0 Å². The van der Waals surface area contributed by atoms with Gasteiger partial charge in [-0.1, -0.05) is 23.9 Å². The third-order valence-corrected chi connectivity index (χ3v) is 3.38. The number of thioether (sulfide) groups is 1. The highest BCUT2D eigenvalue weighted by molar-refractivity contribution is 8.05. The molecular formula is C13H13NO5S. The van der Waals surface area contributed by atoms with Gasteiger partial charge < -0.3 is 19.9 Å². The average molecular weight is 295 g/mol. The molecule has 1 heterocycles. The molecule has 0 aliphatic carbocycles. The number of methoxy groups -OCH3 is 1. The SMILES string of the molecule is COC(=O)COc1ccc(/C=C2/SC(O)NC2=O)cc1. The highest BCUT2D eigenvalue weighted by Gasteiger charge is 2.24. The fourth-order valence-electron chi connectivity index (χ4n) is 1.50. The van der Waals surface area contributed by atoms with Gasteiger partial charge in [-0.2, -0.15) is 0 Å². The molecule has 106 valence electrons. The van der Waals surface area contributed by atoms with Gasteiger partial charge in [-0.3, -0.25) is 4.79 Å². The second-order valence-electron chi connectivity index (χ2n) is 3.89. The monoisotopic (exact) mass is 295 g/mol. The van der Waals surface area contributed by atoms with Gasteiger partial charge in [-0.05, 0) is 23.8 Å². The van der Waals surface area contributed by atoms with Crippen molar-refractivity contribution >= 4 is 29.7 Å². The van der Waals surface area contributed by atoms with Crippen molar-refractivity contribution in [3.8, 4) is 5.75 Å². The fourth-order valence-corrected chi connectivity index (χ4v) is 2.28. The van der Waals surface area contributed by atoms with Crippen LogP contribution in [0.3, 0.4) is 0 Å². The van der Waals surface area contributed by atoms with E-state index in [-0.39, 0.29) is 12.5 Å². The van der Waals surface area contributed by atoms with E-state index in [1.807, 2.05) is 0 Å². The average Bonchev–Trinajstić information content (AvgIpc) is 2.75. The van der Waals surface area contributed by atoms with Crippen LogP contribution in [0.1, 0.15) is 5.56 Å². The number of aliphatic hydroxyl groups is 1. The Morgan fingerprint density at radius 3 is 2.70 bits per heavy atom. The first kappa shape index (κ1) is 14.4. The van der Waals surface area contributed by atoms with Crippen molar-refractivity contribution in [2.24, 2.45) is 0 Å². The van der Waals surface area contributed by atoms with Gasteiger partial charge in [-0.25, -0.2) is 4.79 Å². The van der Waals surface area contributed by atoms with Gasteiger partial charge in [0.1, 0.15) is 5.75 Å². The Kier molecular flexibility index (Phi) is 4.65. The molecule has 1 aliphatic rings. The molecule has 7 heteroatoms. The summed E-state index contributed by atoms with van der Waals surface area (Å²) in [6.45, 7) is -0.151. The molecule has 1 unspecified atom stereocenters. The molecule has 1 amide bonds. The Morgan fingerprint density at radius 2 is 2.15 bits per heavy atom. The second-order valence-corrected chi connectivity index (χ2v) is 5.01. The molecule has 1 atom stereocenters. The number of rotatable bonds is 4. The second kappa shape index (κ2) is 6.44. The van der Waals surface area contributed by atoms with Crippen LogP contribution < -0.4 is 10.1 Å². The van der Waals surface area contributed by atoms with Crippen LogP contribution in [0.4, 0.5) is 0 Å². The van der Waals surface area contributed by atoms with E-state index < -0.39 is 11.5 Å². The number of nitrogens with one attached hydrogen (secondary N) is 1. The number of hydrogen-bond acceptors (Lipinski definition) is 6. The van der Waals surface area contributed by atoms with Gasteiger partial charge in [0.05, 0.1) is 12.0 Å². The van der Waals surface area contributed by atoms with Crippen molar-refractivity contribution in [2.45, 2.75) is 5.56 Å². The molecule has 1 aromatic carbocycles. The first-order valence-corrected chi connectivity index (χ1v) is 6.63. The number of esters is 1. The van der Waals surface area contributed by atoms with E-state index in [9.17, 15) is 14.7 Å².